The van der Waals surface area contributed by atoms with Crippen LogP contribution < -0.4 is 0 Å². The lowest BCUT2D eigenvalue weighted by Crippen LogP contribution is -2.10. The van der Waals surface area contributed by atoms with E-state index in [-0.39, 0.29) is 0 Å². The second kappa shape index (κ2) is 18.6. The SMILES string of the molecule is CCCCCOCCOCCOCCCCCCI. The number of unbranched alkanes of at least 4 members (excludes halogenated alkanes) is 5. The predicted octanol–water partition coefficient (Wildman–Crippen LogP) is 4.22. The van der Waals surface area contributed by atoms with E-state index in [4.69, 9.17) is 14.2 Å². The van der Waals surface area contributed by atoms with Gasteiger partial charge in [-0.3, -0.25) is 0 Å². The summed E-state index contributed by atoms with van der Waals surface area (Å²) in [5, 5.41) is 0. The zero-order chi connectivity index (χ0) is 14.0. The molecule has 3 nitrogen and oxygen atoms in total. The number of halogens is 1. The molecule has 116 valence electrons. The molecule has 0 spiro atoms. The molecule has 0 aromatic rings. The normalized spacial score (nSPS) is 11.1. The summed E-state index contributed by atoms with van der Waals surface area (Å²) in [7, 11) is 0. The Morgan fingerprint density at radius 1 is 0.579 bits per heavy atom. The molecule has 0 saturated carbocycles. The molecule has 0 aromatic carbocycles. The average Bonchev–Trinajstić information content (AvgIpc) is 2.43. The molecular weight excluding hydrogens is 355 g/mol. The first-order valence-electron chi connectivity index (χ1n) is 7.71. The van der Waals surface area contributed by atoms with Crippen LogP contribution in [0.15, 0.2) is 0 Å². The minimum atomic E-state index is 0.686. The van der Waals surface area contributed by atoms with E-state index in [9.17, 15) is 0 Å². The molecule has 0 unspecified atom stereocenters. The van der Waals surface area contributed by atoms with Gasteiger partial charge in [0.1, 0.15) is 0 Å². The van der Waals surface area contributed by atoms with Crippen molar-refractivity contribution in [1.29, 1.82) is 0 Å². The number of alkyl halides is 1. The van der Waals surface area contributed by atoms with E-state index in [2.05, 4.69) is 29.5 Å². The molecule has 0 N–H and O–H groups in total. The first-order valence-corrected chi connectivity index (χ1v) is 9.23. The van der Waals surface area contributed by atoms with Crippen molar-refractivity contribution in [2.24, 2.45) is 0 Å². The summed E-state index contributed by atoms with van der Waals surface area (Å²) in [5.74, 6) is 0. The molecule has 0 aliphatic rings. The Morgan fingerprint density at radius 2 is 1.05 bits per heavy atom. The summed E-state index contributed by atoms with van der Waals surface area (Å²) in [6, 6.07) is 0. The van der Waals surface area contributed by atoms with Gasteiger partial charge in [-0.25, -0.2) is 0 Å². The van der Waals surface area contributed by atoms with E-state index < -0.39 is 0 Å². The van der Waals surface area contributed by atoms with Gasteiger partial charge in [-0.05, 0) is 23.7 Å². The van der Waals surface area contributed by atoms with Crippen LogP contribution in [0.4, 0.5) is 0 Å². The Labute approximate surface area is 132 Å². The van der Waals surface area contributed by atoms with E-state index >= 15 is 0 Å². The molecule has 0 radical (unpaired) electrons. The second-order valence-electron chi connectivity index (χ2n) is 4.65. The van der Waals surface area contributed by atoms with Gasteiger partial charge in [0.05, 0.1) is 26.4 Å². The number of ether oxygens (including phenoxy) is 3. The van der Waals surface area contributed by atoms with E-state index in [0.29, 0.717) is 26.4 Å². The Hall–Kier alpha value is 0.610. The highest BCUT2D eigenvalue weighted by molar-refractivity contribution is 14.1. The van der Waals surface area contributed by atoms with Gasteiger partial charge in [-0.1, -0.05) is 55.2 Å². The van der Waals surface area contributed by atoms with E-state index in [1.807, 2.05) is 0 Å². The molecule has 0 rings (SSSR count). The van der Waals surface area contributed by atoms with E-state index in [1.54, 1.807) is 0 Å². The highest BCUT2D eigenvalue weighted by atomic mass is 127. The molecule has 0 fully saturated rings. The fraction of sp³-hybridized carbons (Fsp3) is 1.00. The minimum Gasteiger partial charge on any atom is -0.379 e. The molecule has 0 saturated heterocycles. The van der Waals surface area contributed by atoms with Gasteiger partial charge in [0.25, 0.3) is 0 Å². The second-order valence-corrected chi connectivity index (χ2v) is 5.73. The van der Waals surface area contributed by atoms with Gasteiger partial charge in [0.15, 0.2) is 0 Å². The molecule has 0 aliphatic heterocycles. The van der Waals surface area contributed by atoms with Crippen LogP contribution in [0.25, 0.3) is 0 Å². The van der Waals surface area contributed by atoms with Crippen molar-refractivity contribution >= 4 is 22.6 Å². The maximum absolute atomic E-state index is 5.51. The highest BCUT2D eigenvalue weighted by Gasteiger charge is 1.93. The Bertz CT molecular complexity index is 140. The lowest BCUT2D eigenvalue weighted by Gasteiger charge is -2.06. The van der Waals surface area contributed by atoms with Gasteiger partial charge < -0.3 is 14.2 Å². The van der Waals surface area contributed by atoms with Crippen LogP contribution in [0.5, 0.6) is 0 Å². The number of hydrogen-bond acceptors (Lipinski definition) is 3. The maximum atomic E-state index is 5.51. The quantitative estimate of drug-likeness (QED) is 0.226. The van der Waals surface area contributed by atoms with Gasteiger partial charge in [0, 0.05) is 13.2 Å². The highest BCUT2D eigenvalue weighted by Crippen LogP contribution is 2.02. The molecular formula is C15H31IO3. The third-order valence-electron chi connectivity index (χ3n) is 2.81. The molecule has 4 heteroatoms. The van der Waals surface area contributed by atoms with E-state index in [1.165, 1.54) is 43.0 Å². The van der Waals surface area contributed by atoms with Crippen molar-refractivity contribution in [3.8, 4) is 0 Å². The monoisotopic (exact) mass is 386 g/mol. The van der Waals surface area contributed by atoms with Crippen molar-refractivity contribution in [2.45, 2.75) is 51.9 Å². The van der Waals surface area contributed by atoms with Crippen LogP contribution in [0.3, 0.4) is 0 Å². The summed E-state index contributed by atoms with van der Waals surface area (Å²) < 4.78 is 17.7. The van der Waals surface area contributed by atoms with Crippen LogP contribution >= 0.6 is 22.6 Å². The fourth-order valence-corrected chi connectivity index (χ4v) is 2.19. The molecule has 0 amide bonds. The van der Waals surface area contributed by atoms with Crippen LogP contribution in [0, 0.1) is 0 Å². The van der Waals surface area contributed by atoms with Crippen molar-refractivity contribution in [2.75, 3.05) is 44.1 Å². The van der Waals surface area contributed by atoms with Crippen LogP contribution in [-0.2, 0) is 14.2 Å². The first-order chi connectivity index (χ1) is 9.41. The van der Waals surface area contributed by atoms with Crippen molar-refractivity contribution in [3.05, 3.63) is 0 Å². The lowest BCUT2D eigenvalue weighted by atomic mass is 10.2. The van der Waals surface area contributed by atoms with Crippen molar-refractivity contribution in [1.82, 2.24) is 0 Å². The predicted molar refractivity (Wildman–Crippen MR) is 89.3 cm³/mol. The minimum absolute atomic E-state index is 0.686. The summed E-state index contributed by atoms with van der Waals surface area (Å²) in [5.41, 5.74) is 0. The zero-order valence-corrected chi connectivity index (χ0v) is 14.7. The molecule has 0 aliphatic carbocycles. The summed E-state index contributed by atoms with van der Waals surface area (Å²) in [6.45, 7) is 6.73. The zero-order valence-electron chi connectivity index (χ0n) is 12.5. The number of rotatable bonds is 16. The third kappa shape index (κ3) is 18.6. The van der Waals surface area contributed by atoms with Crippen LogP contribution in [-0.4, -0.2) is 44.1 Å². The van der Waals surface area contributed by atoms with Crippen LogP contribution in [0.2, 0.25) is 0 Å². The molecule has 0 bridgehead atoms. The van der Waals surface area contributed by atoms with Gasteiger partial charge >= 0.3 is 0 Å². The van der Waals surface area contributed by atoms with Crippen LogP contribution in [0.1, 0.15) is 51.9 Å². The largest absolute Gasteiger partial charge is 0.379 e. The van der Waals surface area contributed by atoms with Crippen molar-refractivity contribution in [3.63, 3.8) is 0 Å². The topological polar surface area (TPSA) is 27.7 Å². The third-order valence-corrected chi connectivity index (χ3v) is 3.57. The Morgan fingerprint density at radius 3 is 1.58 bits per heavy atom. The van der Waals surface area contributed by atoms with Gasteiger partial charge in [-0.2, -0.15) is 0 Å². The Balaban J connectivity index is 2.88. The summed E-state index contributed by atoms with van der Waals surface area (Å²) in [6.07, 6.45) is 8.80. The first kappa shape index (κ1) is 19.6. The number of hydrogen-bond donors (Lipinski definition) is 0. The summed E-state index contributed by atoms with van der Waals surface area (Å²) in [4.78, 5) is 0. The lowest BCUT2D eigenvalue weighted by molar-refractivity contribution is 0.0133. The Kier molecular flexibility index (Phi) is 19.2. The summed E-state index contributed by atoms with van der Waals surface area (Å²) >= 11 is 2.43. The fourth-order valence-electron chi connectivity index (χ4n) is 1.65. The van der Waals surface area contributed by atoms with Gasteiger partial charge in [-0.15, -0.1) is 0 Å². The van der Waals surface area contributed by atoms with Gasteiger partial charge in [0.2, 0.25) is 0 Å². The smallest absolute Gasteiger partial charge is 0.0701 e. The standard InChI is InChI=1S/C15H31IO3/c1-2-3-7-10-17-12-14-19-15-13-18-11-8-5-4-6-9-16/h2-15H2,1H3. The van der Waals surface area contributed by atoms with Crippen molar-refractivity contribution < 1.29 is 14.2 Å². The average molecular weight is 386 g/mol. The molecule has 0 heterocycles. The molecule has 19 heavy (non-hydrogen) atoms. The van der Waals surface area contributed by atoms with E-state index in [0.717, 1.165) is 19.6 Å². The molecule has 0 atom stereocenters. The maximum Gasteiger partial charge on any atom is 0.0701 e. The molecule has 0 aromatic heterocycles.